The van der Waals surface area contributed by atoms with Crippen LogP contribution in [0.2, 0.25) is 0 Å². The molecule has 3 aromatic rings. The molecule has 1 aromatic carbocycles. The first-order valence-corrected chi connectivity index (χ1v) is 7.74. The molecule has 102 valence electrons. The summed E-state index contributed by atoms with van der Waals surface area (Å²) >= 11 is 5.01. The number of halogens is 1. The van der Waals surface area contributed by atoms with E-state index in [1.165, 1.54) is 0 Å². The average Bonchev–Trinajstić information content (AvgIpc) is 3.05. The van der Waals surface area contributed by atoms with Crippen LogP contribution < -0.4 is 0 Å². The lowest BCUT2D eigenvalue weighted by atomic mass is 9.97. The molecule has 0 saturated heterocycles. The molecule has 0 spiro atoms. The Morgan fingerprint density at radius 3 is 2.95 bits per heavy atom. The zero-order chi connectivity index (χ0) is 14.1. The number of rotatable bonds is 4. The van der Waals surface area contributed by atoms with Gasteiger partial charge in [0, 0.05) is 31.4 Å². The van der Waals surface area contributed by atoms with Crippen molar-refractivity contribution in [2.24, 2.45) is 0 Å². The Kier molecular flexibility index (Phi) is 3.58. The Morgan fingerprint density at radius 1 is 1.40 bits per heavy atom. The molecule has 1 atom stereocenters. The Labute approximate surface area is 127 Å². The van der Waals surface area contributed by atoms with E-state index in [2.05, 4.69) is 20.9 Å². The van der Waals surface area contributed by atoms with Gasteiger partial charge in [0.2, 0.25) is 6.54 Å². The van der Waals surface area contributed by atoms with Gasteiger partial charge < -0.3 is 4.98 Å². The number of nitrogens with zero attached hydrogens (tertiary/aromatic N) is 1. The second-order valence-electron chi connectivity index (χ2n) is 4.52. The van der Waals surface area contributed by atoms with E-state index in [0.717, 1.165) is 25.8 Å². The maximum atomic E-state index is 11.0. The first-order valence-electron chi connectivity index (χ1n) is 6.07. The van der Waals surface area contributed by atoms with Gasteiger partial charge >= 0.3 is 0 Å². The molecule has 0 saturated carbocycles. The Morgan fingerprint density at radius 2 is 2.25 bits per heavy atom. The van der Waals surface area contributed by atoms with Crippen molar-refractivity contribution in [2.45, 2.75) is 5.92 Å². The van der Waals surface area contributed by atoms with E-state index in [9.17, 15) is 10.1 Å². The molecule has 0 aliphatic heterocycles. The molecule has 20 heavy (non-hydrogen) atoms. The van der Waals surface area contributed by atoms with E-state index in [1.807, 2.05) is 41.9 Å². The van der Waals surface area contributed by atoms with Gasteiger partial charge in [-0.3, -0.25) is 10.1 Å². The third-order valence-corrected chi connectivity index (χ3v) is 4.75. The maximum Gasteiger partial charge on any atom is 0.215 e. The third-order valence-electron chi connectivity index (χ3n) is 3.27. The summed E-state index contributed by atoms with van der Waals surface area (Å²) in [6, 6.07) is 9.81. The predicted octanol–water partition coefficient (Wildman–Crippen LogP) is 4.40. The van der Waals surface area contributed by atoms with E-state index >= 15 is 0 Å². The molecule has 6 heteroatoms. The highest BCUT2D eigenvalue weighted by Gasteiger charge is 2.24. The molecule has 4 nitrogen and oxygen atoms in total. The summed E-state index contributed by atoms with van der Waals surface area (Å²) in [4.78, 5) is 15.0. The molecule has 0 aliphatic rings. The van der Waals surface area contributed by atoms with Crippen LogP contribution in [0.4, 0.5) is 0 Å². The Hall–Kier alpha value is -1.66. The number of nitrogens with one attached hydrogen (secondary N) is 1. The number of fused-ring (bicyclic) bond motifs is 1. The van der Waals surface area contributed by atoms with Gasteiger partial charge in [0.25, 0.3) is 0 Å². The van der Waals surface area contributed by atoms with Gasteiger partial charge in [0.05, 0.1) is 5.92 Å². The summed E-state index contributed by atoms with van der Waals surface area (Å²) in [6.07, 6.45) is 1.88. The molecule has 2 aromatic heterocycles. The number of nitro groups is 1. The Bertz CT molecular complexity index is 752. The zero-order valence-corrected chi connectivity index (χ0v) is 12.8. The fraction of sp³-hybridized carbons (Fsp3) is 0.143. The highest BCUT2D eigenvalue weighted by Crippen LogP contribution is 2.34. The topological polar surface area (TPSA) is 58.9 Å². The minimum absolute atomic E-state index is 0.0972. The summed E-state index contributed by atoms with van der Waals surface area (Å²) in [5, 5.41) is 14.0. The van der Waals surface area contributed by atoms with E-state index in [1.54, 1.807) is 11.3 Å². The number of benzene rings is 1. The van der Waals surface area contributed by atoms with Gasteiger partial charge in [-0.05, 0) is 35.2 Å². The van der Waals surface area contributed by atoms with Gasteiger partial charge in [0.1, 0.15) is 0 Å². The standard InChI is InChI=1S/C14H11BrN2O2S/c15-9-3-4-13-10(6-9)11(7-16-13)12(8-17(18)19)14-2-1-5-20-14/h1-7,12,16H,8H2/t12-/m1/s1. The maximum absolute atomic E-state index is 11.0. The van der Waals surface area contributed by atoms with Crippen molar-refractivity contribution in [3.63, 3.8) is 0 Å². The molecule has 2 heterocycles. The highest BCUT2D eigenvalue weighted by molar-refractivity contribution is 9.10. The van der Waals surface area contributed by atoms with Crippen LogP contribution in [-0.2, 0) is 0 Å². The number of H-pyrrole nitrogens is 1. The first kappa shape index (κ1) is 13.3. The molecule has 1 N–H and O–H groups in total. The van der Waals surface area contributed by atoms with Crippen molar-refractivity contribution >= 4 is 38.2 Å². The number of hydrogen-bond acceptors (Lipinski definition) is 3. The van der Waals surface area contributed by atoms with Gasteiger partial charge in [-0.25, -0.2) is 0 Å². The van der Waals surface area contributed by atoms with E-state index in [0.29, 0.717) is 0 Å². The summed E-state index contributed by atoms with van der Waals surface area (Å²) in [6.45, 7) is -0.0972. The van der Waals surface area contributed by atoms with Gasteiger partial charge in [0.15, 0.2) is 0 Å². The number of aromatic amines is 1. The zero-order valence-electron chi connectivity index (χ0n) is 10.4. The minimum Gasteiger partial charge on any atom is -0.361 e. The lowest BCUT2D eigenvalue weighted by molar-refractivity contribution is -0.481. The van der Waals surface area contributed by atoms with Gasteiger partial charge in [-0.1, -0.05) is 22.0 Å². The molecule has 0 fully saturated rings. The predicted molar refractivity (Wildman–Crippen MR) is 84.0 cm³/mol. The smallest absolute Gasteiger partial charge is 0.215 e. The summed E-state index contributed by atoms with van der Waals surface area (Å²) < 4.78 is 0.969. The van der Waals surface area contributed by atoms with Crippen LogP contribution in [0.3, 0.4) is 0 Å². The lowest BCUT2D eigenvalue weighted by Gasteiger charge is -2.10. The van der Waals surface area contributed by atoms with E-state index < -0.39 is 0 Å². The van der Waals surface area contributed by atoms with Crippen molar-refractivity contribution < 1.29 is 4.92 Å². The van der Waals surface area contributed by atoms with Crippen LogP contribution in [0, 0.1) is 10.1 Å². The highest BCUT2D eigenvalue weighted by atomic mass is 79.9. The molecule has 3 rings (SSSR count). The minimum atomic E-state index is -0.249. The van der Waals surface area contributed by atoms with Crippen LogP contribution in [-0.4, -0.2) is 16.5 Å². The quantitative estimate of drug-likeness (QED) is 0.559. The second kappa shape index (κ2) is 5.38. The lowest BCUT2D eigenvalue weighted by Crippen LogP contribution is -2.12. The number of thiophene rings is 1. The Balaban J connectivity index is 2.13. The molecule has 0 amide bonds. The number of hydrogen-bond donors (Lipinski definition) is 1. The van der Waals surface area contributed by atoms with Crippen LogP contribution in [0.15, 0.2) is 46.4 Å². The fourth-order valence-electron chi connectivity index (χ4n) is 2.38. The average molecular weight is 351 g/mol. The molecule has 0 aliphatic carbocycles. The molecule has 0 bridgehead atoms. The first-order chi connectivity index (χ1) is 9.65. The van der Waals surface area contributed by atoms with Gasteiger partial charge in [-0.15, -0.1) is 11.3 Å². The van der Waals surface area contributed by atoms with Gasteiger partial charge in [-0.2, -0.15) is 0 Å². The van der Waals surface area contributed by atoms with Crippen molar-refractivity contribution in [1.82, 2.24) is 4.98 Å². The monoisotopic (exact) mass is 350 g/mol. The normalized spacial score (nSPS) is 12.7. The van der Waals surface area contributed by atoms with Crippen LogP contribution in [0.25, 0.3) is 10.9 Å². The largest absolute Gasteiger partial charge is 0.361 e. The van der Waals surface area contributed by atoms with Crippen molar-refractivity contribution in [3.8, 4) is 0 Å². The molecule has 0 radical (unpaired) electrons. The van der Waals surface area contributed by atoms with E-state index in [4.69, 9.17) is 0 Å². The van der Waals surface area contributed by atoms with Crippen molar-refractivity contribution in [2.75, 3.05) is 6.54 Å². The SMILES string of the molecule is O=[N+]([O-])C[C@@H](c1cccs1)c1c[nH]c2ccc(Br)cc12. The fourth-order valence-corrected chi connectivity index (χ4v) is 3.58. The third kappa shape index (κ3) is 2.48. The van der Waals surface area contributed by atoms with Crippen molar-refractivity contribution in [1.29, 1.82) is 0 Å². The van der Waals surface area contributed by atoms with Crippen molar-refractivity contribution in [3.05, 3.63) is 66.9 Å². The molecule has 0 unspecified atom stereocenters. The van der Waals surface area contributed by atoms with Crippen LogP contribution in [0.5, 0.6) is 0 Å². The molecular weight excluding hydrogens is 340 g/mol. The van der Waals surface area contributed by atoms with E-state index in [-0.39, 0.29) is 17.4 Å². The number of aromatic nitrogens is 1. The van der Waals surface area contributed by atoms with Crippen LogP contribution in [0.1, 0.15) is 16.4 Å². The summed E-state index contributed by atoms with van der Waals surface area (Å²) in [5.41, 5.74) is 1.97. The van der Waals surface area contributed by atoms with Crippen LogP contribution >= 0.6 is 27.3 Å². The summed E-state index contributed by atoms with van der Waals surface area (Å²) in [7, 11) is 0. The molecular formula is C14H11BrN2O2S. The second-order valence-corrected chi connectivity index (χ2v) is 6.41. The summed E-state index contributed by atoms with van der Waals surface area (Å²) in [5.74, 6) is -0.215.